The lowest BCUT2D eigenvalue weighted by atomic mass is 9.91. The number of halogens is 2. The summed E-state index contributed by atoms with van der Waals surface area (Å²) in [5, 5.41) is 0.271. The second-order valence-corrected chi connectivity index (χ2v) is 5.51. The molecule has 98 valence electrons. The van der Waals surface area contributed by atoms with Crippen molar-refractivity contribution in [3.8, 4) is 0 Å². The van der Waals surface area contributed by atoms with Gasteiger partial charge < -0.3 is 4.74 Å². The van der Waals surface area contributed by atoms with Crippen LogP contribution in [0.5, 0.6) is 0 Å². The molecule has 0 N–H and O–H groups in total. The lowest BCUT2D eigenvalue weighted by Crippen LogP contribution is -2.26. The quantitative estimate of drug-likeness (QED) is 0.634. The molecule has 18 heavy (non-hydrogen) atoms. The first kappa shape index (κ1) is 14.9. The van der Waals surface area contributed by atoms with Gasteiger partial charge in [-0.25, -0.2) is 9.78 Å². The van der Waals surface area contributed by atoms with Gasteiger partial charge in [-0.05, 0) is 6.07 Å². The first-order valence-electron chi connectivity index (χ1n) is 5.23. The van der Waals surface area contributed by atoms with E-state index >= 15 is 0 Å². The maximum Gasteiger partial charge on any atom is 0.340 e. The van der Waals surface area contributed by atoms with Gasteiger partial charge in [0.15, 0.2) is 12.4 Å². The number of ketones is 1. The summed E-state index contributed by atoms with van der Waals surface area (Å²) in [6.45, 7) is 4.99. The van der Waals surface area contributed by atoms with E-state index in [1.807, 2.05) is 0 Å². The second-order valence-electron chi connectivity index (χ2n) is 4.75. The minimum absolute atomic E-state index is 0.110. The maximum absolute atomic E-state index is 11.6. The van der Waals surface area contributed by atoms with Crippen LogP contribution in [0.4, 0.5) is 0 Å². The van der Waals surface area contributed by atoms with Gasteiger partial charge in [0, 0.05) is 11.6 Å². The number of carbonyl (C=O) groups is 2. The third kappa shape index (κ3) is 3.96. The smallest absolute Gasteiger partial charge is 0.340 e. The molecule has 4 nitrogen and oxygen atoms in total. The zero-order valence-corrected chi connectivity index (χ0v) is 11.8. The maximum atomic E-state index is 11.6. The fourth-order valence-electron chi connectivity index (χ4n) is 0.964. The van der Waals surface area contributed by atoms with Crippen LogP contribution in [0.25, 0.3) is 0 Å². The van der Waals surface area contributed by atoms with Gasteiger partial charge in [0.25, 0.3) is 0 Å². The first-order chi connectivity index (χ1) is 8.21. The summed E-state index contributed by atoms with van der Waals surface area (Å²) in [6.07, 6.45) is 1.25. The SMILES string of the molecule is CC(C)(C)C(=O)COC(=O)c1cnc(Cl)c(Cl)c1. The highest BCUT2D eigenvalue weighted by Gasteiger charge is 2.23. The van der Waals surface area contributed by atoms with Crippen LogP contribution in [0.1, 0.15) is 31.1 Å². The minimum atomic E-state index is -0.654. The molecule has 6 heteroatoms. The van der Waals surface area contributed by atoms with Crippen molar-refractivity contribution >= 4 is 35.0 Å². The lowest BCUT2D eigenvalue weighted by molar-refractivity contribution is -0.129. The van der Waals surface area contributed by atoms with Crippen molar-refractivity contribution in [2.45, 2.75) is 20.8 Å². The van der Waals surface area contributed by atoms with Crippen molar-refractivity contribution < 1.29 is 14.3 Å². The van der Waals surface area contributed by atoms with Gasteiger partial charge in [-0.1, -0.05) is 44.0 Å². The average molecular weight is 290 g/mol. The summed E-state index contributed by atoms with van der Waals surface area (Å²) in [5.41, 5.74) is -0.387. The van der Waals surface area contributed by atoms with Crippen molar-refractivity contribution in [2.75, 3.05) is 6.61 Å². The van der Waals surface area contributed by atoms with E-state index in [0.29, 0.717) is 0 Å². The van der Waals surface area contributed by atoms with Crippen LogP contribution in [-0.2, 0) is 9.53 Å². The van der Waals surface area contributed by atoms with E-state index in [4.69, 9.17) is 27.9 Å². The number of ether oxygens (including phenoxy) is 1. The van der Waals surface area contributed by atoms with Crippen LogP contribution in [0.2, 0.25) is 10.2 Å². The van der Waals surface area contributed by atoms with Gasteiger partial charge in [0.1, 0.15) is 5.15 Å². The summed E-state index contributed by atoms with van der Waals surface area (Å²) in [5.74, 6) is -0.817. The van der Waals surface area contributed by atoms with Crippen LogP contribution in [0.3, 0.4) is 0 Å². The third-order valence-electron chi connectivity index (χ3n) is 2.20. The number of pyridine rings is 1. The van der Waals surface area contributed by atoms with Crippen LogP contribution in [0.15, 0.2) is 12.3 Å². The predicted octanol–water partition coefficient (Wildman–Crippen LogP) is 3.16. The van der Waals surface area contributed by atoms with E-state index in [0.717, 1.165) is 0 Å². The summed E-state index contributed by atoms with van der Waals surface area (Å²) in [4.78, 5) is 26.9. The zero-order chi connectivity index (χ0) is 13.9. The Morgan fingerprint density at radius 1 is 1.33 bits per heavy atom. The number of aromatic nitrogens is 1. The lowest BCUT2D eigenvalue weighted by Gasteiger charge is -2.16. The highest BCUT2D eigenvalue weighted by Crippen LogP contribution is 2.20. The van der Waals surface area contributed by atoms with Gasteiger partial charge in [-0.15, -0.1) is 0 Å². The fraction of sp³-hybridized carbons (Fsp3) is 0.417. The Kier molecular flexibility index (Phi) is 4.71. The first-order valence-corrected chi connectivity index (χ1v) is 5.99. The van der Waals surface area contributed by atoms with E-state index in [1.54, 1.807) is 20.8 Å². The molecule has 0 spiro atoms. The summed E-state index contributed by atoms with van der Waals surface area (Å²) in [6, 6.07) is 1.35. The van der Waals surface area contributed by atoms with E-state index in [1.165, 1.54) is 12.3 Å². The molecule has 0 bridgehead atoms. The number of hydrogen-bond donors (Lipinski definition) is 0. The highest BCUT2D eigenvalue weighted by atomic mass is 35.5. The monoisotopic (exact) mass is 289 g/mol. The van der Waals surface area contributed by atoms with E-state index in [-0.39, 0.29) is 28.1 Å². The molecule has 0 amide bonds. The molecule has 1 aromatic rings. The molecule has 0 aliphatic rings. The molecule has 0 aliphatic heterocycles. The minimum Gasteiger partial charge on any atom is -0.454 e. The Morgan fingerprint density at radius 2 is 1.94 bits per heavy atom. The Bertz CT molecular complexity index is 481. The normalized spacial score (nSPS) is 11.2. The van der Waals surface area contributed by atoms with Crippen molar-refractivity contribution in [1.82, 2.24) is 4.98 Å². The van der Waals surface area contributed by atoms with E-state index in [2.05, 4.69) is 4.98 Å². The molecule has 0 fully saturated rings. The third-order valence-corrected chi connectivity index (χ3v) is 2.89. The average Bonchev–Trinajstić information content (AvgIpc) is 2.27. The van der Waals surface area contributed by atoms with Gasteiger partial charge >= 0.3 is 5.97 Å². The van der Waals surface area contributed by atoms with Crippen molar-refractivity contribution in [1.29, 1.82) is 0 Å². The summed E-state index contributed by atoms with van der Waals surface area (Å²) in [7, 11) is 0. The topological polar surface area (TPSA) is 56.3 Å². The predicted molar refractivity (Wildman–Crippen MR) is 69.0 cm³/mol. The molecule has 0 unspecified atom stereocenters. The van der Waals surface area contributed by atoms with Crippen molar-refractivity contribution in [3.63, 3.8) is 0 Å². The number of carbonyl (C=O) groups excluding carboxylic acids is 2. The number of hydrogen-bond acceptors (Lipinski definition) is 4. The Hall–Kier alpha value is -1.13. The fourth-order valence-corrected chi connectivity index (χ4v) is 1.23. The van der Waals surface area contributed by atoms with Gasteiger partial charge in [-0.2, -0.15) is 0 Å². The molecule has 0 aromatic carbocycles. The largest absolute Gasteiger partial charge is 0.454 e. The Balaban J connectivity index is 2.66. The van der Waals surface area contributed by atoms with Crippen molar-refractivity contribution in [2.24, 2.45) is 5.41 Å². The highest BCUT2D eigenvalue weighted by molar-refractivity contribution is 6.41. The number of rotatable bonds is 3. The number of nitrogens with zero attached hydrogens (tertiary/aromatic N) is 1. The second kappa shape index (κ2) is 5.67. The zero-order valence-electron chi connectivity index (χ0n) is 10.3. The molecule has 1 rings (SSSR count). The van der Waals surface area contributed by atoms with E-state index in [9.17, 15) is 9.59 Å². The van der Waals surface area contributed by atoms with Crippen molar-refractivity contribution in [3.05, 3.63) is 28.0 Å². The van der Waals surface area contributed by atoms with Crippen LogP contribution in [0, 0.1) is 5.41 Å². The number of Topliss-reactive ketones (excluding diaryl/α,β-unsaturated/α-hetero) is 1. The summed E-state index contributed by atoms with van der Waals surface area (Å²) >= 11 is 11.3. The standard InChI is InChI=1S/C12H13Cl2NO3/c1-12(2,3)9(16)6-18-11(17)7-4-8(13)10(14)15-5-7/h4-5H,6H2,1-3H3. The summed E-state index contributed by atoms with van der Waals surface area (Å²) < 4.78 is 4.88. The van der Waals surface area contributed by atoms with Crippen LogP contribution < -0.4 is 0 Å². The Labute approximate surface area is 115 Å². The molecular weight excluding hydrogens is 277 g/mol. The molecule has 0 radical (unpaired) electrons. The number of esters is 1. The van der Waals surface area contributed by atoms with Gasteiger partial charge in [-0.3, -0.25) is 4.79 Å². The van der Waals surface area contributed by atoms with Gasteiger partial charge in [0.05, 0.1) is 10.6 Å². The molecular formula is C12H13Cl2NO3. The molecule has 1 heterocycles. The van der Waals surface area contributed by atoms with Crippen LogP contribution >= 0.6 is 23.2 Å². The molecule has 0 aliphatic carbocycles. The van der Waals surface area contributed by atoms with Gasteiger partial charge in [0.2, 0.25) is 0 Å². The Morgan fingerprint density at radius 3 is 2.44 bits per heavy atom. The molecule has 0 saturated carbocycles. The molecule has 1 aromatic heterocycles. The molecule has 0 saturated heterocycles. The van der Waals surface area contributed by atoms with E-state index < -0.39 is 11.4 Å². The van der Waals surface area contributed by atoms with Crippen LogP contribution in [-0.4, -0.2) is 23.3 Å². The molecule has 0 atom stereocenters.